The summed E-state index contributed by atoms with van der Waals surface area (Å²) in [5.41, 5.74) is 11.6. The normalized spacial score (nSPS) is 14.2. The van der Waals surface area contributed by atoms with Crippen LogP contribution in [0.5, 0.6) is 0 Å². The van der Waals surface area contributed by atoms with Gasteiger partial charge in [0.05, 0.1) is 61.4 Å². The molecule has 3 N–H and O–H groups in total. The molecule has 0 radical (unpaired) electrons. The summed E-state index contributed by atoms with van der Waals surface area (Å²) in [6.07, 6.45) is 5.55. The van der Waals surface area contributed by atoms with Gasteiger partial charge in [-0.1, -0.05) is 108 Å². The number of carbonyl (C=O) groups is 6. The Morgan fingerprint density at radius 3 is 1.25 bits per heavy atom. The topological polar surface area (TPSA) is 238 Å². The fourth-order valence-electron chi connectivity index (χ4n) is 13.7. The SMILES string of the molecule is Cc1ccc(NC(=O)c2cc(-c3cccc4c3C(C)(C)C(=O)N4c3ccccn3)ccc2C)cc1.Cc1ccc(NC(=O)c2cc(-c3cccc4c3C(C)(C)C(=O)N4c3ncccn3)cnc2C)cc1.Cc1ccc(NC(=O)c2cc(-c3cccc4c3C(C)(C)C(=O)N4c3ncccn3)ncc2C(F)(F)F)cc1. The molecule has 0 unspecified atom stereocenters. The zero-order valence-electron chi connectivity index (χ0n) is 61.0. The van der Waals surface area contributed by atoms with E-state index in [0.717, 1.165) is 84.5 Å². The summed E-state index contributed by atoms with van der Waals surface area (Å²) in [6.45, 7) is 20.7. The molecule has 0 atom stereocenters. The van der Waals surface area contributed by atoms with Gasteiger partial charge in [-0.05, 0) is 207 Å². The number of nitrogens with zero attached hydrogens (tertiary/aromatic N) is 10. The number of alkyl halides is 3. The molecule has 6 amide bonds. The summed E-state index contributed by atoms with van der Waals surface area (Å²) < 4.78 is 41.6. The Bertz CT molecular complexity index is 5300. The number of hydrogen-bond donors (Lipinski definition) is 3. The maximum absolute atomic E-state index is 13.9. The Labute approximate surface area is 622 Å². The number of hydrogen-bond acceptors (Lipinski definition) is 13. The van der Waals surface area contributed by atoms with Gasteiger partial charge in [-0.15, -0.1) is 0 Å². The highest BCUT2D eigenvalue weighted by molar-refractivity contribution is 6.16. The second-order valence-corrected chi connectivity index (χ2v) is 28.1. The number of anilines is 9. The Balaban J connectivity index is 0.000000143. The molecule has 5 aromatic heterocycles. The molecular formula is C86H74F3N13O6. The summed E-state index contributed by atoms with van der Waals surface area (Å²) in [6, 6.07) is 56.6. The molecule has 3 aliphatic rings. The molecule has 0 saturated heterocycles. The van der Waals surface area contributed by atoms with E-state index in [2.05, 4.69) is 50.8 Å². The summed E-state index contributed by atoms with van der Waals surface area (Å²) in [7, 11) is 0. The molecule has 3 aliphatic heterocycles. The first kappa shape index (κ1) is 73.1. The number of benzene rings is 7. The first-order chi connectivity index (χ1) is 51.5. The van der Waals surface area contributed by atoms with E-state index >= 15 is 0 Å². The largest absolute Gasteiger partial charge is 0.418 e. The van der Waals surface area contributed by atoms with Crippen molar-refractivity contribution in [1.29, 1.82) is 0 Å². The highest BCUT2D eigenvalue weighted by Crippen LogP contribution is 2.52. The molecule has 0 spiro atoms. The van der Waals surface area contributed by atoms with E-state index in [9.17, 15) is 41.9 Å². The Hall–Kier alpha value is -13.2. The maximum Gasteiger partial charge on any atom is 0.418 e. The predicted molar refractivity (Wildman–Crippen MR) is 412 cm³/mol. The van der Waals surface area contributed by atoms with Gasteiger partial charge < -0.3 is 16.0 Å². The zero-order valence-corrected chi connectivity index (χ0v) is 61.0. The minimum absolute atomic E-state index is 0.0249. The quantitative estimate of drug-likeness (QED) is 0.103. The molecule has 7 aromatic carbocycles. The van der Waals surface area contributed by atoms with Gasteiger partial charge in [0.1, 0.15) is 5.82 Å². The molecule has 540 valence electrons. The number of nitrogens with one attached hydrogen (secondary N) is 3. The van der Waals surface area contributed by atoms with E-state index in [-0.39, 0.29) is 41.2 Å². The number of aromatic nitrogens is 7. The lowest BCUT2D eigenvalue weighted by Gasteiger charge is -2.20. The third-order valence-corrected chi connectivity index (χ3v) is 19.4. The average Bonchev–Trinajstić information content (AvgIpc) is 1.58. The lowest BCUT2D eigenvalue weighted by atomic mass is 9.81. The van der Waals surface area contributed by atoms with Crippen LogP contribution in [-0.4, -0.2) is 70.3 Å². The lowest BCUT2D eigenvalue weighted by molar-refractivity contribution is -0.138. The fraction of sp³-hybridized carbons (Fsp3) is 0.174. The highest BCUT2D eigenvalue weighted by Gasteiger charge is 2.50. The van der Waals surface area contributed by atoms with Crippen LogP contribution < -0.4 is 30.7 Å². The van der Waals surface area contributed by atoms with Crippen LogP contribution in [0.3, 0.4) is 0 Å². The molecule has 19 nitrogen and oxygen atoms in total. The molecule has 8 heterocycles. The minimum atomic E-state index is -4.80. The van der Waals surface area contributed by atoms with Crippen LogP contribution in [0.25, 0.3) is 33.5 Å². The van der Waals surface area contributed by atoms with E-state index in [1.54, 1.807) is 103 Å². The minimum Gasteiger partial charge on any atom is -0.322 e. The highest BCUT2D eigenvalue weighted by atomic mass is 19.4. The molecule has 0 fully saturated rings. The number of aryl methyl sites for hydroxylation is 5. The number of pyridine rings is 3. The monoisotopic (exact) mass is 1440 g/mol. The van der Waals surface area contributed by atoms with Crippen molar-refractivity contribution in [2.24, 2.45) is 0 Å². The van der Waals surface area contributed by atoms with Crippen LogP contribution >= 0.6 is 0 Å². The van der Waals surface area contributed by atoms with Crippen molar-refractivity contribution in [3.05, 3.63) is 298 Å². The summed E-state index contributed by atoms with van der Waals surface area (Å²) >= 11 is 0. The van der Waals surface area contributed by atoms with Crippen molar-refractivity contribution in [2.45, 2.75) is 98.6 Å². The smallest absolute Gasteiger partial charge is 0.322 e. The predicted octanol–water partition coefficient (Wildman–Crippen LogP) is 18.0. The van der Waals surface area contributed by atoms with Crippen LogP contribution in [-0.2, 0) is 36.8 Å². The van der Waals surface area contributed by atoms with Crippen molar-refractivity contribution in [2.75, 3.05) is 30.7 Å². The van der Waals surface area contributed by atoms with E-state index in [0.29, 0.717) is 57.3 Å². The van der Waals surface area contributed by atoms with Gasteiger partial charge in [0.2, 0.25) is 29.6 Å². The summed E-state index contributed by atoms with van der Waals surface area (Å²) in [5, 5.41) is 8.49. The first-order valence-corrected chi connectivity index (χ1v) is 34.7. The lowest BCUT2D eigenvalue weighted by Crippen LogP contribution is -2.34. The molecular weight excluding hydrogens is 1370 g/mol. The van der Waals surface area contributed by atoms with E-state index in [1.807, 2.05) is 190 Å². The van der Waals surface area contributed by atoms with E-state index < -0.39 is 39.5 Å². The van der Waals surface area contributed by atoms with E-state index in [4.69, 9.17) is 0 Å². The van der Waals surface area contributed by atoms with Gasteiger partial charge in [0.15, 0.2) is 0 Å². The van der Waals surface area contributed by atoms with Gasteiger partial charge in [-0.2, -0.15) is 13.2 Å². The van der Waals surface area contributed by atoms with Crippen LogP contribution in [0.1, 0.15) is 123 Å². The number of amides is 6. The number of rotatable bonds is 12. The van der Waals surface area contributed by atoms with Crippen LogP contribution in [0, 0.1) is 34.6 Å². The summed E-state index contributed by atoms with van der Waals surface area (Å²) in [4.78, 5) is 115. The molecule has 108 heavy (non-hydrogen) atoms. The van der Waals surface area contributed by atoms with Crippen molar-refractivity contribution in [3.8, 4) is 33.5 Å². The Kier molecular flexibility index (Phi) is 19.6. The molecule has 0 aliphatic carbocycles. The molecule has 22 heteroatoms. The van der Waals surface area contributed by atoms with Gasteiger partial charge in [-0.3, -0.25) is 43.6 Å². The van der Waals surface area contributed by atoms with Crippen LogP contribution in [0.2, 0.25) is 0 Å². The molecule has 0 bridgehead atoms. The van der Waals surface area contributed by atoms with Crippen molar-refractivity contribution in [1.82, 2.24) is 34.9 Å². The Morgan fingerprint density at radius 1 is 0.380 bits per heavy atom. The third kappa shape index (κ3) is 14.1. The van der Waals surface area contributed by atoms with Crippen LogP contribution in [0.4, 0.5) is 65.0 Å². The Morgan fingerprint density at radius 2 is 0.787 bits per heavy atom. The van der Waals surface area contributed by atoms with E-state index in [1.165, 1.54) is 17.3 Å². The number of carbonyl (C=O) groups excluding carboxylic acids is 6. The van der Waals surface area contributed by atoms with Crippen molar-refractivity contribution < 1.29 is 41.9 Å². The maximum atomic E-state index is 13.9. The fourth-order valence-corrected chi connectivity index (χ4v) is 13.7. The standard InChI is InChI=1S/C30H27N3O2.C28H22F3N5O2.C28H25N5O2/c1-19-11-15-22(16-12-19)32-28(34)24-18-21(14-13-20(24)2)23-8-7-9-25-27(23)30(3,4)29(35)33(25)26-10-5-6-17-31-26;1-16-8-10-17(11-9-16)35-24(37)19-14-21(34-15-20(19)28(29,30)31)18-6-4-7-22-23(18)27(2,3)25(38)36(22)26-32-12-5-13-33-26;1-17-9-11-20(12-10-17)32-25(34)22-15-19(16-31-18(22)2)21-7-5-8-23-24(21)28(3,4)26(35)33(23)27-29-13-6-14-30-27/h5-18H,1-4H3,(H,32,34);4-15H,1-3H3,(H,35,37);5-16H,1-4H3,(H,32,34). The van der Waals surface area contributed by atoms with Crippen molar-refractivity contribution >= 4 is 87.3 Å². The first-order valence-electron chi connectivity index (χ1n) is 34.7. The number of fused-ring (bicyclic) bond motifs is 3. The van der Waals surface area contributed by atoms with Gasteiger partial charge in [0, 0.05) is 82.7 Å². The molecule has 12 aromatic rings. The second-order valence-electron chi connectivity index (χ2n) is 28.1. The zero-order chi connectivity index (χ0) is 76.7. The van der Waals surface area contributed by atoms with Gasteiger partial charge in [-0.25, -0.2) is 34.7 Å². The average molecular weight is 1440 g/mol. The summed E-state index contributed by atoms with van der Waals surface area (Å²) in [5.74, 6) is -0.631. The number of halogens is 3. The van der Waals surface area contributed by atoms with Crippen LogP contribution in [0.15, 0.2) is 231 Å². The molecule has 0 saturated carbocycles. The second kappa shape index (κ2) is 29.0. The van der Waals surface area contributed by atoms with Crippen molar-refractivity contribution in [3.63, 3.8) is 0 Å². The van der Waals surface area contributed by atoms with Gasteiger partial charge in [0.25, 0.3) is 17.7 Å². The van der Waals surface area contributed by atoms with Gasteiger partial charge >= 0.3 is 6.18 Å². The molecule has 15 rings (SSSR count). The third-order valence-electron chi connectivity index (χ3n) is 19.4.